The molecule has 1 aromatic heterocycles. The maximum absolute atomic E-state index is 12.3. The second-order valence-electron chi connectivity index (χ2n) is 5.70. The Morgan fingerprint density at radius 1 is 1.11 bits per heavy atom. The smallest absolute Gasteiger partial charge is 0.359 e. The van der Waals surface area contributed by atoms with Crippen LogP contribution in [0.2, 0.25) is 0 Å². The normalized spacial score (nSPS) is 10.3. The molecule has 0 spiro atoms. The molecule has 0 bridgehead atoms. The standard InChI is InChI=1S/C19H22N2O6/c1-4-5-10-21-18(23)9-8-15(20-21)19(24)27-12-16(22)14-7-6-13(25-2)11-17(14)26-3/h6-9,11H,4-5,10,12H2,1-3H3. The number of aryl methyl sites for hydroxylation is 1. The predicted molar refractivity (Wildman–Crippen MR) is 97.6 cm³/mol. The highest BCUT2D eigenvalue weighted by Gasteiger charge is 2.17. The van der Waals surface area contributed by atoms with Gasteiger partial charge >= 0.3 is 5.97 Å². The Hall–Kier alpha value is -3.16. The van der Waals surface area contributed by atoms with Crippen molar-refractivity contribution >= 4 is 11.8 Å². The lowest BCUT2D eigenvalue weighted by molar-refractivity contribution is 0.0465. The van der Waals surface area contributed by atoms with Crippen molar-refractivity contribution in [1.82, 2.24) is 9.78 Å². The first-order chi connectivity index (χ1) is 13.0. The van der Waals surface area contributed by atoms with Gasteiger partial charge in [-0.2, -0.15) is 5.10 Å². The molecular formula is C19H22N2O6. The van der Waals surface area contributed by atoms with Gasteiger partial charge in [0.2, 0.25) is 5.78 Å². The summed E-state index contributed by atoms with van der Waals surface area (Å²) in [7, 11) is 2.94. The third-order valence-corrected chi connectivity index (χ3v) is 3.84. The van der Waals surface area contributed by atoms with Crippen LogP contribution in [0.1, 0.15) is 40.6 Å². The Morgan fingerprint density at radius 3 is 2.56 bits per heavy atom. The number of carbonyl (C=O) groups excluding carboxylic acids is 2. The lowest BCUT2D eigenvalue weighted by Crippen LogP contribution is -2.25. The summed E-state index contributed by atoms with van der Waals surface area (Å²) in [5.41, 5.74) is -0.0498. The Balaban J connectivity index is 2.07. The van der Waals surface area contributed by atoms with Crippen molar-refractivity contribution in [3.8, 4) is 11.5 Å². The molecule has 0 saturated carbocycles. The van der Waals surface area contributed by atoms with Crippen molar-refractivity contribution in [2.24, 2.45) is 0 Å². The van der Waals surface area contributed by atoms with E-state index in [1.165, 1.54) is 37.1 Å². The highest BCUT2D eigenvalue weighted by Crippen LogP contribution is 2.25. The zero-order valence-corrected chi connectivity index (χ0v) is 15.6. The van der Waals surface area contributed by atoms with Gasteiger partial charge in [-0.25, -0.2) is 9.48 Å². The zero-order chi connectivity index (χ0) is 19.8. The van der Waals surface area contributed by atoms with E-state index < -0.39 is 18.4 Å². The Kier molecular flexibility index (Phi) is 7.10. The van der Waals surface area contributed by atoms with Crippen molar-refractivity contribution in [1.29, 1.82) is 0 Å². The van der Waals surface area contributed by atoms with Gasteiger partial charge in [-0.15, -0.1) is 0 Å². The maximum atomic E-state index is 12.3. The van der Waals surface area contributed by atoms with Crippen molar-refractivity contribution in [3.63, 3.8) is 0 Å². The van der Waals surface area contributed by atoms with E-state index >= 15 is 0 Å². The van der Waals surface area contributed by atoms with Gasteiger partial charge in [-0.1, -0.05) is 13.3 Å². The van der Waals surface area contributed by atoms with E-state index in [4.69, 9.17) is 14.2 Å². The molecule has 0 aliphatic carbocycles. The molecule has 0 atom stereocenters. The fourth-order valence-electron chi connectivity index (χ4n) is 2.34. The summed E-state index contributed by atoms with van der Waals surface area (Å²) in [6, 6.07) is 7.26. The molecule has 1 aromatic carbocycles. The Bertz CT molecular complexity index is 875. The number of benzene rings is 1. The van der Waals surface area contributed by atoms with E-state index in [-0.39, 0.29) is 16.8 Å². The van der Waals surface area contributed by atoms with Gasteiger partial charge in [0, 0.05) is 18.7 Å². The van der Waals surface area contributed by atoms with Gasteiger partial charge < -0.3 is 14.2 Å². The number of esters is 1. The summed E-state index contributed by atoms with van der Waals surface area (Å²) in [6.07, 6.45) is 1.65. The van der Waals surface area contributed by atoms with Crippen LogP contribution in [0, 0.1) is 0 Å². The first kappa shape index (κ1) is 20.2. The number of nitrogens with zero attached hydrogens (tertiary/aromatic N) is 2. The monoisotopic (exact) mass is 374 g/mol. The average Bonchev–Trinajstić information content (AvgIpc) is 2.70. The molecule has 2 aromatic rings. The number of rotatable bonds is 9. The number of ether oxygens (including phenoxy) is 3. The van der Waals surface area contributed by atoms with Gasteiger partial charge in [-0.05, 0) is 24.6 Å². The fourth-order valence-corrected chi connectivity index (χ4v) is 2.34. The molecule has 0 radical (unpaired) electrons. The summed E-state index contributed by atoms with van der Waals surface area (Å²) < 4.78 is 16.5. The predicted octanol–water partition coefficient (Wildman–Crippen LogP) is 2.10. The van der Waals surface area contributed by atoms with Crippen LogP contribution in [0.5, 0.6) is 11.5 Å². The number of hydrogen-bond donors (Lipinski definition) is 0. The fraction of sp³-hybridized carbons (Fsp3) is 0.368. The minimum absolute atomic E-state index is 0.0276. The highest BCUT2D eigenvalue weighted by molar-refractivity contribution is 6.01. The van der Waals surface area contributed by atoms with Gasteiger partial charge in [-0.3, -0.25) is 9.59 Å². The van der Waals surface area contributed by atoms with Crippen molar-refractivity contribution in [2.45, 2.75) is 26.3 Å². The number of ketones is 1. The number of Topliss-reactive ketones (excluding diaryl/α,β-unsaturated/α-hetero) is 1. The van der Waals surface area contributed by atoms with E-state index in [0.717, 1.165) is 12.8 Å². The highest BCUT2D eigenvalue weighted by atomic mass is 16.5. The lowest BCUT2D eigenvalue weighted by atomic mass is 10.1. The first-order valence-electron chi connectivity index (χ1n) is 8.50. The summed E-state index contributed by atoms with van der Waals surface area (Å²) in [4.78, 5) is 36.3. The molecule has 8 heteroatoms. The van der Waals surface area contributed by atoms with Crippen molar-refractivity contribution in [3.05, 3.63) is 51.9 Å². The van der Waals surface area contributed by atoms with E-state index in [2.05, 4.69) is 5.10 Å². The van der Waals surface area contributed by atoms with E-state index in [0.29, 0.717) is 18.0 Å². The van der Waals surface area contributed by atoms with Gasteiger partial charge in [0.25, 0.3) is 5.56 Å². The Morgan fingerprint density at radius 2 is 1.89 bits per heavy atom. The minimum atomic E-state index is -0.777. The number of carbonyl (C=O) groups is 2. The number of unbranched alkanes of at least 4 members (excludes halogenated alkanes) is 1. The van der Waals surface area contributed by atoms with Gasteiger partial charge in [0.1, 0.15) is 11.5 Å². The topological polar surface area (TPSA) is 96.7 Å². The molecule has 0 N–H and O–H groups in total. The SMILES string of the molecule is CCCCn1nc(C(=O)OCC(=O)c2ccc(OC)cc2OC)ccc1=O. The van der Waals surface area contributed by atoms with Crippen LogP contribution >= 0.6 is 0 Å². The first-order valence-corrected chi connectivity index (χ1v) is 8.50. The van der Waals surface area contributed by atoms with Crippen molar-refractivity contribution in [2.75, 3.05) is 20.8 Å². The molecule has 0 saturated heterocycles. The van der Waals surface area contributed by atoms with Crippen molar-refractivity contribution < 1.29 is 23.8 Å². The summed E-state index contributed by atoms with van der Waals surface area (Å²) >= 11 is 0. The van der Waals surface area contributed by atoms with E-state index in [9.17, 15) is 14.4 Å². The number of hydrogen-bond acceptors (Lipinski definition) is 7. The second-order valence-corrected chi connectivity index (χ2v) is 5.70. The van der Waals surface area contributed by atoms with Crippen LogP contribution in [0.3, 0.4) is 0 Å². The van der Waals surface area contributed by atoms with E-state index in [1.807, 2.05) is 6.92 Å². The molecule has 0 aliphatic heterocycles. The zero-order valence-electron chi connectivity index (χ0n) is 15.6. The molecule has 27 heavy (non-hydrogen) atoms. The third-order valence-electron chi connectivity index (χ3n) is 3.84. The summed E-state index contributed by atoms with van der Waals surface area (Å²) in [5.74, 6) is -0.344. The van der Waals surface area contributed by atoms with Crippen LogP contribution in [0.25, 0.3) is 0 Å². The number of methoxy groups -OCH3 is 2. The number of aromatic nitrogens is 2. The lowest BCUT2D eigenvalue weighted by Gasteiger charge is -2.10. The maximum Gasteiger partial charge on any atom is 0.359 e. The van der Waals surface area contributed by atoms with E-state index in [1.54, 1.807) is 12.1 Å². The van der Waals surface area contributed by atoms with Gasteiger partial charge in [0.05, 0.1) is 19.8 Å². The third kappa shape index (κ3) is 5.16. The molecule has 8 nitrogen and oxygen atoms in total. The molecule has 1 heterocycles. The molecule has 0 amide bonds. The van der Waals surface area contributed by atoms with Crippen LogP contribution in [-0.2, 0) is 11.3 Å². The molecule has 144 valence electrons. The molecule has 2 rings (SSSR count). The second kappa shape index (κ2) is 9.51. The largest absolute Gasteiger partial charge is 0.497 e. The summed E-state index contributed by atoms with van der Waals surface area (Å²) in [5, 5.41) is 3.99. The minimum Gasteiger partial charge on any atom is -0.497 e. The molecule has 0 fully saturated rings. The van der Waals surface area contributed by atoms with Crippen LogP contribution in [0.4, 0.5) is 0 Å². The molecule has 0 unspecified atom stereocenters. The van der Waals surface area contributed by atoms with Crippen LogP contribution in [-0.4, -0.2) is 42.4 Å². The molecular weight excluding hydrogens is 352 g/mol. The quantitative estimate of drug-likeness (QED) is 0.490. The van der Waals surface area contributed by atoms with Crippen LogP contribution in [0.15, 0.2) is 35.1 Å². The average molecular weight is 374 g/mol. The van der Waals surface area contributed by atoms with Crippen LogP contribution < -0.4 is 15.0 Å². The Labute approximate surface area is 156 Å². The summed E-state index contributed by atoms with van der Waals surface area (Å²) in [6.45, 7) is 1.93. The van der Waals surface area contributed by atoms with Gasteiger partial charge in [0.15, 0.2) is 12.3 Å². The molecule has 0 aliphatic rings.